The zero-order valence-electron chi connectivity index (χ0n) is 16.3. The molecule has 0 radical (unpaired) electrons. The Morgan fingerprint density at radius 3 is 2.22 bits per heavy atom. The fourth-order valence-electron chi connectivity index (χ4n) is 3.43. The lowest BCUT2D eigenvalue weighted by Crippen LogP contribution is -2.48. The van der Waals surface area contributed by atoms with Gasteiger partial charge >= 0.3 is 0 Å². The molecule has 1 saturated heterocycles. The van der Waals surface area contributed by atoms with Crippen molar-refractivity contribution in [2.45, 2.75) is 13.8 Å². The number of anilines is 1. The van der Waals surface area contributed by atoms with Gasteiger partial charge < -0.3 is 5.32 Å². The number of piperazine rings is 1. The fraction of sp³-hybridized carbons (Fsp3) is 0.348. The van der Waals surface area contributed by atoms with E-state index in [1.165, 1.54) is 5.56 Å². The highest BCUT2D eigenvalue weighted by Crippen LogP contribution is 2.19. The third-order valence-electron chi connectivity index (χ3n) is 5.05. The van der Waals surface area contributed by atoms with Gasteiger partial charge in [0.1, 0.15) is 0 Å². The van der Waals surface area contributed by atoms with Gasteiger partial charge in [-0.15, -0.1) is 0 Å². The smallest absolute Gasteiger partial charge is 0.238 e. The Morgan fingerprint density at radius 2 is 1.56 bits per heavy atom. The molecule has 0 aliphatic carbocycles. The van der Waals surface area contributed by atoms with Crippen molar-refractivity contribution in [1.29, 1.82) is 0 Å². The molecule has 1 N–H and O–H groups in total. The molecule has 0 unspecified atom stereocenters. The Labute approximate surface area is 162 Å². The van der Waals surface area contributed by atoms with Crippen LogP contribution in [0.25, 0.3) is 6.08 Å². The van der Waals surface area contributed by atoms with Crippen LogP contribution in [0.3, 0.4) is 0 Å². The average Bonchev–Trinajstić information content (AvgIpc) is 2.67. The molecule has 0 saturated carbocycles. The van der Waals surface area contributed by atoms with E-state index in [0.29, 0.717) is 6.54 Å². The van der Waals surface area contributed by atoms with E-state index < -0.39 is 0 Å². The topological polar surface area (TPSA) is 35.6 Å². The lowest BCUT2D eigenvalue weighted by molar-refractivity contribution is -0.117. The first-order chi connectivity index (χ1) is 13.1. The summed E-state index contributed by atoms with van der Waals surface area (Å²) in [6, 6.07) is 16.5. The summed E-state index contributed by atoms with van der Waals surface area (Å²) in [6.45, 7) is 9.33. The van der Waals surface area contributed by atoms with Gasteiger partial charge in [0, 0.05) is 38.4 Å². The van der Waals surface area contributed by atoms with Crippen molar-refractivity contribution in [3.63, 3.8) is 0 Å². The number of hydrogen-bond acceptors (Lipinski definition) is 3. The summed E-state index contributed by atoms with van der Waals surface area (Å²) >= 11 is 0. The Bertz CT molecular complexity index is 757. The number of para-hydroxylation sites is 1. The second-order valence-electron chi connectivity index (χ2n) is 7.20. The van der Waals surface area contributed by atoms with E-state index in [9.17, 15) is 4.79 Å². The molecule has 1 fully saturated rings. The second kappa shape index (κ2) is 9.49. The number of benzene rings is 2. The van der Waals surface area contributed by atoms with Gasteiger partial charge in [-0.2, -0.15) is 0 Å². The van der Waals surface area contributed by atoms with E-state index in [4.69, 9.17) is 0 Å². The van der Waals surface area contributed by atoms with Gasteiger partial charge in [-0.1, -0.05) is 60.7 Å². The first kappa shape index (κ1) is 19.3. The summed E-state index contributed by atoms with van der Waals surface area (Å²) in [4.78, 5) is 17.1. The lowest BCUT2D eigenvalue weighted by atomic mass is 10.1. The predicted octanol–water partition coefficient (Wildman–Crippen LogP) is 3.57. The van der Waals surface area contributed by atoms with Gasteiger partial charge in [0.05, 0.1) is 6.54 Å². The highest BCUT2D eigenvalue weighted by molar-refractivity contribution is 5.93. The van der Waals surface area contributed by atoms with Crippen LogP contribution >= 0.6 is 0 Å². The molecule has 3 rings (SSSR count). The average molecular weight is 364 g/mol. The summed E-state index contributed by atoms with van der Waals surface area (Å²) < 4.78 is 0. The van der Waals surface area contributed by atoms with Crippen molar-refractivity contribution >= 4 is 17.7 Å². The number of carbonyl (C=O) groups excluding carboxylic acids is 1. The highest BCUT2D eigenvalue weighted by Gasteiger charge is 2.18. The summed E-state index contributed by atoms with van der Waals surface area (Å²) in [6.07, 6.45) is 4.39. The fourth-order valence-corrected chi connectivity index (χ4v) is 3.43. The molecule has 1 aliphatic rings. The molecule has 1 heterocycles. The molecule has 0 spiro atoms. The van der Waals surface area contributed by atoms with Crippen molar-refractivity contribution in [1.82, 2.24) is 9.80 Å². The van der Waals surface area contributed by atoms with Gasteiger partial charge in [-0.25, -0.2) is 0 Å². The van der Waals surface area contributed by atoms with Crippen molar-refractivity contribution in [3.8, 4) is 0 Å². The standard InChI is InChI=1S/C23H29N3O/c1-19-8-6-9-20(2)23(19)24-22(27)18-26-16-14-25(15-17-26)13-7-12-21-10-4-3-5-11-21/h3-12H,13-18H2,1-2H3,(H,24,27). The molecule has 142 valence electrons. The molecule has 2 aromatic rings. The number of rotatable bonds is 6. The largest absolute Gasteiger partial charge is 0.324 e. The van der Waals surface area contributed by atoms with Crippen LogP contribution in [0.4, 0.5) is 5.69 Å². The zero-order chi connectivity index (χ0) is 19.1. The zero-order valence-corrected chi connectivity index (χ0v) is 16.3. The number of amides is 1. The quantitative estimate of drug-likeness (QED) is 0.852. The lowest BCUT2D eigenvalue weighted by Gasteiger charge is -2.33. The molecular weight excluding hydrogens is 334 g/mol. The molecule has 1 aliphatic heterocycles. The molecule has 0 bridgehead atoms. The molecule has 2 aromatic carbocycles. The van der Waals surface area contributed by atoms with E-state index in [1.807, 2.05) is 38.1 Å². The van der Waals surface area contributed by atoms with Gasteiger partial charge in [0.25, 0.3) is 0 Å². The third-order valence-corrected chi connectivity index (χ3v) is 5.05. The Hall–Kier alpha value is -2.43. The number of hydrogen-bond donors (Lipinski definition) is 1. The number of nitrogens with one attached hydrogen (secondary N) is 1. The van der Waals surface area contributed by atoms with Crippen LogP contribution in [-0.4, -0.2) is 55.0 Å². The molecule has 1 amide bonds. The molecule has 4 nitrogen and oxygen atoms in total. The van der Waals surface area contributed by atoms with Crippen LogP contribution in [-0.2, 0) is 4.79 Å². The summed E-state index contributed by atoms with van der Waals surface area (Å²) in [5.41, 5.74) is 4.41. The van der Waals surface area contributed by atoms with Crippen LogP contribution in [0.5, 0.6) is 0 Å². The van der Waals surface area contributed by atoms with Crippen LogP contribution in [0.2, 0.25) is 0 Å². The van der Waals surface area contributed by atoms with Crippen LogP contribution in [0.15, 0.2) is 54.6 Å². The van der Waals surface area contributed by atoms with Crippen LogP contribution < -0.4 is 5.32 Å². The first-order valence-electron chi connectivity index (χ1n) is 9.64. The summed E-state index contributed by atoms with van der Waals surface area (Å²) in [5.74, 6) is 0.0739. The van der Waals surface area contributed by atoms with Crippen molar-refractivity contribution in [2.24, 2.45) is 0 Å². The predicted molar refractivity (Wildman–Crippen MR) is 113 cm³/mol. The minimum absolute atomic E-state index is 0.0739. The maximum Gasteiger partial charge on any atom is 0.238 e. The molecular formula is C23H29N3O. The first-order valence-corrected chi connectivity index (χ1v) is 9.64. The van der Waals surface area contributed by atoms with Crippen LogP contribution in [0.1, 0.15) is 16.7 Å². The molecule has 27 heavy (non-hydrogen) atoms. The molecule has 0 aromatic heterocycles. The van der Waals surface area contributed by atoms with Crippen molar-refractivity contribution in [3.05, 3.63) is 71.3 Å². The summed E-state index contributed by atoms with van der Waals surface area (Å²) in [7, 11) is 0. The Balaban J connectivity index is 1.41. The maximum atomic E-state index is 12.4. The van der Waals surface area contributed by atoms with Crippen LogP contribution in [0, 0.1) is 13.8 Å². The minimum atomic E-state index is 0.0739. The second-order valence-corrected chi connectivity index (χ2v) is 7.20. The Kier molecular flexibility index (Phi) is 6.80. The molecule has 4 heteroatoms. The van der Waals surface area contributed by atoms with E-state index in [-0.39, 0.29) is 5.91 Å². The number of carbonyl (C=O) groups is 1. The van der Waals surface area contributed by atoms with Crippen molar-refractivity contribution < 1.29 is 4.79 Å². The van der Waals surface area contributed by atoms with E-state index in [2.05, 4.69) is 51.5 Å². The third kappa shape index (κ3) is 5.78. The van der Waals surface area contributed by atoms with E-state index >= 15 is 0 Å². The monoisotopic (exact) mass is 363 g/mol. The normalized spacial score (nSPS) is 15.9. The summed E-state index contributed by atoms with van der Waals surface area (Å²) in [5, 5.41) is 3.08. The number of aryl methyl sites for hydroxylation is 2. The minimum Gasteiger partial charge on any atom is -0.324 e. The van der Waals surface area contributed by atoms with Gasteiger partial charge in [0.15, 0.2) is 0 Å². The van der Waals surface area contributed by atoms with Gasteiger partial charge in [-0.05, 0) is 30.5 Å². The van der Waals surface area contributed by atoms with Gasteiger partial charge in [0.2, 0.25) is 5.91 Å². The molecule has 0 atom stereocenters. The highest BCUT2D eigenvalue weighted by atomic mass is 16.2. The van der Waals surface area contributed by atoms with E-state index in [1.54, 1.807) is 0 Å². The maximum absolute atomic E-state index is 12.4. The van der Waals surface area contributed by atoms with E-state index in [0.717, 1.165) is 49.5 Å². The number of nitrogens with zero attached hydrogens (tertiary/aromatic N) is 2. The Morgan fingerprint density at radius 1 is 0.926 bits per heavy atom. The van der Waals surface area contributed by atoms with Crippen molar-refractivity contribution in [2.75, 3.05) is 44.6 Å². The van der Waals surface area contributed by atoms with Gasteiger partial charge in [-0.3, -0.25) is 14.6 Å². The SMILES string of the molecule is Cc1cccc(C)c1NC(=O)CN1CCN(CC=Cc2ccccc2)CC1.